The number of Topliss-reactive ketones (excluding diaryl/α,β-unsaturated/α-hetero) is 1. The fourth-order valence-electron chi connectivity index (χ4n) is 3.49. The van der Waals surface area contributed by atoms with Crippen molar-refractivity contribution in [2.45, 2.75) is 24.4 Å². The van der Waals surface area contributed by atoms with E-state index < -0.39 is 5.60 Å². The van der Waals surface area contributed by atoms with E-state index in [0.717, 1.165) is 23.3 Å². The van der Waals surface area contributed by atoms with Crippen molar-refractivity contribution in [3.63, 3.8) is 0 Å². The lowest BCUT2D eigenvalue weighted by atomic mass is 9.81. The number of hydrogen-bond donors (Lipinski definition) is 0. The minimum Gasteiger partial charge on any atom is -0.481 e. The van der Waals surface area contributed by atoms with Crippen molar-refractivity contribution in [1.29, 1.82) is 0 Å². The Labute approximate surface area is 112 Å². The first-order valence-corrected chi connectivity index (χ1v) is 6.67. The Morgan fingerprint density at radius 3 is 2.58 bits per heavy atom. The zero-order valence-electron chi connectivity index (χ0n) is 10.5. The SMILES string of the molecule is O=C1CCC2(c3ccccc3)Oc3ccccc3C12. The van der Waals surface area contributed by atoms with Gasteiger partial charge in [-0.3, -0.25) is 4.79 Å². The normalized spacial score (nSPS) is 27.8. The van der Waals surface area contributed by atoms with Crippen LogP contribution in [0.3, 0.4) is 0 Å². The molecular weight excluding hydrogens is 236 g/mol. The third kappa shape index (κ3) is 1.34. The second-order valence-electron chi connectivity index (χ2n) is 5.29. The van der Waals surface area contributed by atoms with E-state index in [0.29, 0.717) is 12.2 Å². The average Bonchev–Trinajstić information content (AvgIpc) is 2.96. The average molecular weight is 250 g/mol. The summed E-state index contributed by atoms with van der Waals surface area (Å²) in [6, 6.07) is 18.1. The predicted octanol–water partition coefficient (Wildman–Crippen LogP) is 3.42. The number of carbonyl (C=O) groups excluding carboxylic acids is 1. The molecule has 1 heterocycles. The number of fused-ring (bicyclic) bond motifs is 3. The van der Waals surface area contributed by atoms with E-state index in [-0.39, 0.29) is 5.92 Å². The molecule has 4 rings (SSSR count). The van der Waals surface area contributed by atoms with Gasteiger partial charge in [0.2, 0.25) is 0 Å². The van der Waals surface area contributed by atoms with Gasteiger partial charge in [0, 0.05) is 12.0 Å². The Morgan fingerprint density at radius 1 is 1.00 bits per heavy atom. The molecule has 0 bridgehead atoms. The van der Waals surface area contributed by atoms with Crippen LogP contribution < -0.4 is 4.74 Å². The minimum atomic E-state index is -0.470. The Bertz CT molecular complexity index is 647. The summed E-state index contributed by atoms with van der Waals surface area (Å²) in [5.41, 5.74) is 1.69. The molecule has 1 saturated carbocycles. The van der Waals surface area contributed by atoms with E-state index in [9.17, 15) is 4.79 Å². The summed E-state index contributed by atoms with van der Waals surface area (Å²) >= 11 is 0. The van der Waals surface area contributed by atoms with E-state index >= 15 is 0 Å². The summed E-state index contributed by atoms with van der Waals surface area (Å²) in [5.74, 6) is 1.03. The quantitative estimate of drug-likeness (QED) is 0.775. The molecule has 0 amide bonds. The van der Waals surface area contributed by atoms with E-state index in [4.69, 9.17) is 4.74 Å². The second kappa shape index (κ2) is 3.70. The first-order valence-electron chi connectivity index (χ1n) is 6.67. The van der Waals surface area contributed by atoms with Crippen molar-refractivity contribution < 1.29 is 9.53 Å². The van der Waals surface area contributed by atoms with E-state index in [1.54, 1.807) is 0 Å². The van der Waals surface area contributed by atoms with Gasteiger partial charge in [0.25, 0.3) is 0 Å². The summed E-state index contributed by atoms with van der Waals surface area (Å²) in [7, 11) is 0. The topological polar surface area (TPSA) is 26.3 Å². The van der Waals surface area contributed by atoms with Gasteiger partial charge in [0.1, 0.15) is 17.1 Å². The van der Waals surface area contributed by atoms with Crippen LogP contribution >= 0.6 is 0 Å². The maximum atomic E-state index is 12.3. The number of ketones is 1. The number of benzene rings is 2. The second-order valence-corrected chi connectivity index (χ2v) is 5.29. The van der Waals surface area contributed by atoms with Crippen LogP contribution in [0.1, 0.15) is 29.9 Å². The molecule has 1 aliphatic heterocycles. The first-order chi connectivity index (χ1) is 9.31. The van der Waals surface area contributed by atoms with Gasteiger partial charge in [0.05, 0.1) is 5.92 Å². The van der Waals surface area contributed by atoms with Gasteiger partial charge < -0.3 is 4.74 Å². The molecule has 2 unspecified atom stereocenters. The number of ether oxygens (including phenoxy) is 1. The maximum absolute atomic E-state index is 12.3. The largest absolute Gasteiger partial charge is 0.481 e. The van der Waals surface area contributed by atoms with Gasteiger partial charge in [-0.25, -0.2) is 0 Å². The van der Waals surface area contributed by atoms with Crippen molar-refractivity contribution in [3.8, 4) is 5.75 Å². The Balaban J connectivity index is 1.93. The number of para-hydroxylation sites is 1. The molecule has 0 saturated heterocycles. The zero-order chi connectivity index (χ0) is 12.9. The van der Waals surface area contributed by atoms with Gasteiger partial charge in [-0.05, 0) is 18.1 Å². The highest BCUT2D eigenvalue weighted by Crippen LogP contribution is 2.57. The third-order valence-corrected chi connectivity index (χ3v) is 4.32. The van der Waals surface area contributed by atoms with Crippen LogP contribution in [0.15, 0.2) is 54.6 Å². The molecule has 2 nitrogen and oxygen atoms in total. The molecule has 1 aliphatic carbocycles. The fourth-order valence-corrected chi connectivity index (χ4v) is 3.49. The molecule has 2 aliphatic rings. The van der Waals surface area contributed by atoms with Crippen molar-refractivity contribution in [2.75, 3.05) is 0 Å². The number of carbonyl (C=O) groups is 1. The summed E-state index contributed by atoms with van der Waals surface area (Å²) in [6.07, 6.45) is 1.38. The van der Waals surface area contributed by atoms with Gasteiger partial charge in [-0.2, -0.15) is 0 Å². The molecule has 2 atom stereocenters. The van der Waals surface area contributed by atoms with Crippen LogP contribution in [-0.2, 0) is 10.4 Å². The Morgan fingerprint density at radius 2 is 1.74 bits per heavy atom. The molecule has 0 N–H and O–H groups in total. The molecule has 94 valence electrons. The molecule has 2 aromatic carbocycles. The number of rotatable bonds is 1. The van der Waals surface area contributed by atoms with Crippen molar-refractivity contribution in [3.05, 3.63) is 65.7 Å². The van der Waals surface area contributed by atoms with E-state index in [1.165, 1.54) is 0 Å². The lowest BCUT2D eigenvalue weighted by molar-refractivity contribution is -0.119. The summed E-state index contributed by atoms with van der Waals surface area (Å²) in [4.78, 5) is 12.3. The predicted molar refractivity (Wildman–Crippen MR) is 72.2 cm³/mol. The van der Waals surface area contributed by atoms with E-state index in [2.05, 4.69) is 12.1 Å². The summed E-state index contributed by atoms with van der Waals surface area (Å²) in [5, 5.41) is 0. The monoisotopic (exact) mass is 250 g/mol. The Kier molecular flexibility index (Phi) is 2.10. The van der Waals surface area contributed by atoms with Crippen LogP contribution in [0.5, 0.6) is 5.75 Å². The van der Waals surface area contributed by atoms with Crippen LogP contribution in [0.4, 0.5) is 0 Å². The van der Waals surface area contributed by atoms with Crippen molar-refractivity contribution >= 4 is 5.78 Å². The van der Waals surface area contributed by atoms with Crippen LogP contribution in [0.25, 0.3) is 0 Å². The lowest BCUT2D eigenvalue weighted by Gasteiger charge is -2.28. The third-order valence-electron chi connectivity index (χ3n) is 4.32. The standard InChI is InChI=1S/C17H14O2/c18-14-10-11-17(12-6-2-1-3-7-12)16(14)13-8-4-5-9-15(13)19-17/h1-9,16H,10-11H2. The molecule has 19 heavy (non-hydrogen) atoms. The van der Waals surface area contributed by atoms with Crippen LogP contribution in [0, 0.1) is 0 Å². The summed E-state index contributed by atoms with van der Waals surface area (Å²) < 4.78 is 6.25. The first kappa shape index (κ1) is 10.8. The number of hydrogen-bond acceptors (Lipinski definition) is 2. The van der Waals surface area contributed by atoms with Gasteiger partial charge in [-0.15, -0.1) is 0 Å². The smallest absolute Gasteiger partial charge is 0.148 e. The highest BCUT2D eigenvalue weighted by molar-refractivity contribution is 5.92. The molecular formula is C17H14O2. The van der Waals surface area contributed by atoms with Crippen LogP contribution in [0.2, 0.25) is 0 Å². The molecule has 0 aromatic heterocycles. The van der Waals surface area contributed by atoms with Crippen LogP contribution in [-0.4, -0.2) is 5.78 Å². The van der Waals surface area contributed by atoms with E-state index in [1.807, 2.05) is 42.5 Å². The highest BCUT2D eigenvalue weighted by atomic mass is 16.5. The molecule has 2 aromatic rings. The molecule has 1 fully saturated rings. The molecule has 0 radical (unpaired) electrons. The van der Waals surface area contributed by atoms with Crippen molar-refractivity contribution in [1.82, 2.24) is 0 Å². The lowest BCUT2D eigenvalue weighted by Crippen LogP contribution is -2.32. The van der Waals surface area contributed by atoms with Gasteiger partial charge in [-0.1, -0.05) is 48.5 Å². The molecule has 2 heteroatoms. The molecule has 0 spiro atoms. The minimum absolute atomic E-state index is 0.133. The van der Waals surface area contributed by atoms with Crippen molar-refractivity contribution in [2.24, 2.45) is 0 Å². The van der Waals surface area contributed by atoms with Gasteiger partial charge >= 0.3 is 0 Å². The van der Waals surface area contributed by atoms with Gasteiger partial charge in [0.15, 0.2) is 0 Å². The fraction of sp³-hybridized carbons (Fsp3) is 0.235. The Hall–Kier alpha value is -2.09. The summed E-state index contributed by atoms with van der Waals surface area (Å²) in [6.45, 7) is 0. The zero-order valence-corrected chi connectivity index (χ0v) is 10.5. The maximum Gasteiger partial charge on any atom is 0.148 e. The highest BCUT2D eigenvalue weighted by Gasteiger charge is 2.56.